The van der Waals surface area contributed by atoms with E-state index in [1.807, 2.05) is 36.3 Å². The number of amides is 4. The molecule has 0 bridgehead atoms. The zero-order valence-electron chi connectivity index (χ0n) is 44.3. The molecule has 4 aromatic carbocycles. The van der Waals surface area contributed by atoms with Crippen molar-refractivity contribution in [1.82, 2.24) is 34.9 Å². The summed E-state index contributed by atoms with van der Waals surface area (Å²) in [5, 5.41) is 14.2. The van der Waals surface area contributed by atoms with E-state index in [2.05, 4.69) is 68.8 Å². The minimum Gasteiger partial charge on any atom is -0.494 e. The molecule has 4 saturated heterocycles. The second-order valence-corrected chi connectivity index (χ2v) is 25.8. The molecule has 20 heteroatoms. The zero-order valence-corrected chi connectivity index (χ0v) is 46.8. The van der Waals surface area contributed by atoms with Gasteiger partial charge < -0.3 is 34.6 Å². The van der Waals surface area contributed by atoms with Crippen molar-refractivity contribution in [3.05, 3.63) is 113 Å². The Morgan fingerprint density at radius 1 is 0.756 bits per heavy atom. The highest BCUT2D eigenvalue weighted by atomic mass is 79.9. The molecule has 0 saturated carbocycles. The van der Waals surface area contributed by atoms with Gasteiger partial charge in [-0.25, -0.2) is 9.37 Å². The first kappa shape index (κ1) is 53.1. The van der Waals surface area contributed by atoms with Crippen molar-refractivity contribution in [2.45, 2.75) is 57.4 Å². The van der Waals surface area contributed by atoms with Gasteiger partial charge in [-0.15, -0.1) is 0 Å². The minimum atomic E-state index is -2.85. The summed E-state index contributed by atoms with van der Waals surface area (Å²) in [5.41, 5.74) is 6.94. The maximum Gasteiger partial charge on any atom is 0.262 e. The van der Waals surface area contributed by atoms with Gasteiger partial charge in [-0.05, 0) is 153 Å². The largest absolute Gasteiger partial charge is 0.494 e. The van der Waals surface area contributed by atoms with Crippen molar-refractivity contribution in [3.63, 3.8) is 0 Å². The number of hydrogen-bond acceptors (Lipinski definition) is 14. The molecule has 0 aliphatic carbocycles. The van der Waals surface area contributed by atoms with Gasteiger partial charge >= 0.3 is 0 Å². The van der Waals surface area contributed by atoms with Gasteiger partial charge in [0.15, 0.2) is 0 Å². The lowest BCUT2D eigenvalue weighted by atomic mass is 9.78. The molecule has 7 heterocycles. The van der Waals surface area contributed by atoms with Crippen LogP contribution < -0.4 is 35.8 Å². The molecule has 406 valence electrons. The lowest BCUT2D eigenvalue weighted by molar-refractivity contribution is -0.136. The van der Waals surface area contributed by atoms with Crippen LogP contribution in [0.15, 0.2) is 95.9 Å². The molecule has 1 atom stereocenters. The highest BCUT2D eigenvalue weighted by molar-refractivity contribution is 9.10. The number of imide groups is 2. The van der Waals surface area contributed by atoms with Gasteiger partial charge in [-0.2, -0.15) is 10.1 Å². The number of aromatic nitrogens is 4. The second-order valence-electron chi connectivity index (χ2n) is 21.7. The first-order chi connectivity index (χ1) is 37.6. The zero-order chi connectivity index (χ0) is 54.4. The van der Waals surface area contributed by atoms with Crippen LogP contribution in [0.1, 0.15) is 72.1 Å². The molecule has 3 N–H and O–H groups in total. The van der Waals surface area contributed by atoms with Gasteiger partial charge in [-0.3, -0.25) is 34.1 Å². The number of halogens is 2. The van der Waals surface area contributed by atoms with Gasteiger partial charge in [-0.1, -0.05) is 24.3 Å². The van der Waals surface area contributed by atoms with E-state index in [0.717, 1.165) is 98.9 Å². The summed E-state index contributed by atoms with van der Waals surface area (Å²) in [4.78, 5) is 68.9. The lowest BCUT2D eigenvalue weighted by Gasteiger charge is -2.42. The molecule has 11 rings (SSSR count). The Labute approximate surface area is 461 Å². The van der Waals surface area contributed by atoms with Gasteiger partial charge in [0, 0.05) is 98.0 Å². The van der Waals surface area contributed by atoms with Crippen LogP contribution in [0.2, 0.25) is 0 Å². The van der Waals surface area contributed by atoms with E-state index < -0.39 is 30.9 Å². The summed E-state index contributed by atoms with van der Waals surface area (Å²) in [5.74, 6) is 1.04. The predicted octanol–water partition coefficient (Wildman–Crippen LogP) is 9.44. The average Bonchev–Trinajstić information content (AvgIpc) is 4.07. The van der Waals surface area contributed by atoms with Crippen LogP contribution in [0.4, 0.5) is 38.9 Å². The van der Waals surface area contributed by atoms with Crippen LogP contribution in [0.5, 0.6) is 5.75 Å². The smallest absolute Gasteiger partial charge is 0.262 e. The molecule has 5 aliphatic heterocycles. The maximum absolute atomic E-state index is 14.8. The van der Waals surface area contributed by atoms with Crippen LogP contribution >= 0.6 is 23.1 Å². The van der Waals surface area contributed by atoms with Gasteiger partial charge in [0.1, 0.15) is 30.6 Å². The summed E-state index contributed by atoms with van der Waals surface area (Å²) in [6.45, 7) is 10.3. The van der Waals surface area contributed by atoms with E-state index >= 15 is 0 Å². The Morgan fingerprint density at radius 2 is 1.47 bits per heavy atom. The highest BCUT2D eigenvalue weighted by Gasteiger charge is 2.45. The van der Waals surface area contributed by atoms with E-state index in [4.69, 9.17) is 9.72 Å². The normalized spacial score (nSPS) is 19.1. The lowest BCUT2D eigenvalue weighted by Crippen LogP contribution is -2.54. The number of fused-ring (bicyclic) bond motifs is 1. The second kappa shape index (κ2) is 22.1. The van der Waals surface area contributed by atoms with Crippen molar-refractivity contribution in [2.24, 2.45) is 24.8 Å². The number of likely N-dealkylation sites (tertiary alicyclic amines) is 1. The van der Waals surface area contributed by atoms with Crippen molar-refractivity contribution >= 4 is 86.5 Å². The Bertz CT molecular complexity index is 3360. The van der Waals surface area contributed by atoms with Crippen molar-refractivity contribution < 1.29 is 32.9 Å². The number of methoxy groups -OCH3 is 1. The number of carbonyl (C=O) groups excluding carboxylic acids is 4. The summed E-state index contributed by atoms with van der Waals surface area (Å²) in [6.07, 6.45) is 12.5. The Hall–Kier alpha value is -6.95. The highest BCUT2D eigenvalue weighted by Crippen LogP contribution is 2.44. The first-order valence-corrected chi connectivity index (χ1v) is 30.3. The fourth-order valence-electron chi connectivity index (χ4n) is 12.2. The van der Waals surface area contributed by atoms with E-state index in [1.165, 1.54) is 18.9 Å². The Morgan fingerprint density at radius 3 is 2.17 bits per heavy atom. The third-order valence-corrected chi connectivity index (χ3v) is 18.5. The van der Waals surface area contributed by atoms with Crippen molar-refractivity contribution in [2.75, 3.05) is 86.7 Å². The Balaban J connectivity index is 0.701. The molecule has 1 unspecified atom stereocenters. The standard InChI is InChI=1S/C58H64BrFN11O6P/c1-67-34-39(31-62-67)43-29-48(64-58-61-32-45(59)54(66-58)63-47-12-9-38(27-52(47)78(3,4)76)41-7-5-6-8-46(41)60)51(77-2)30-50(43)70-25-19-37(20-26-70)36-17-21-68(22-18-36)33-35-15-23-69(24-16-35)40-10-11-42-44(28-40)57(75)71(56(42)74)49-13-14-53(72)65-55(49)73/h5-12,27-32,34-37,49H,13-26,33H2,1-4H3,(H,65,72,73)(H2,61,63,64,66). The van der Waals surface area contributed by atoms with E-state index in [1.54, 1.807) is 69.1 Å². The van der Waals surface area contributed by atoms with E-state index in [0.29, 0.717) is 78.7 Å². The molecule has 4 fully saturated rings. The molecule has 5 aliphatic rings. The molecule has 17 nitrogen and oxygen atoms in total. The predicted molar refractivity (Wildman–Crippen MR) is 305 cm³/mol. The summed E-state index contributed by atoms with van der Waals surface area (Å²) in [7, 11) is 0.734. The number of ether oxygens (including phenoxy) is 1. The summed E-state index contributed by atoms with van der Waals surface area (Å²) >= 11 is 3.61. The SMILES string of the molecule is COc1cc(N2CCC(C3CCN(CC4CCN(c5ccc6c(c5)C(=O)N(C5CCC(=O)NC5=O)C6=O)CC4)CC3)CC2)c(-c2cnn(C)c2)cc1Nc1ncc(Br)c(Nc2ccc(-c3ccccc3F)cc2P(C)(C)=O)n1. The number of carbonyl (C=O) groups is 4. The number of aryl methyl sites for hydroxylation is 1. The number of benzene rings is 4. The maximum atomic E-state index is 14.8. The fourth-order valence-corrected chi connectivity index (χ4v) is 13.7. The number of rotatable bonds is 14. The van der Waals surface area contributed by atoms with Crippen LogP contribution in [0.3, 0.4) is 0 Å². The third kappa shape index (κ3) is 10.9. The summed E-state index contributed by atoms with van der Waals surface area (Å²) in [6, 6.07) is 20.6. The molecule has 78 heavy (non-hydrogen) atoms. The molecular formula is C58H64BrFN11O6P. The summed E-state index contributed by atoms with van der Waals surface area (Å²) < 4.78 is 37.0. The molecule has 0 spiro atoms. The molecular weight excluding hydrogens is 1080 g/mol. The van der Waals surface area contributed by atoms with Crippen LogP contribution in [-0.2, 0) is 21.2 Å². The number of nitrogens with zero attached hydrogens (tertiary/aromatic N) is 8. The number of hydrogen-bond donors (Lipinski definition) is 3. The van der Waals surface area contributed by atoms with Gasteiger partial charge in [0.05, 0.1) is 40.3 Å². The Kier molecular flexibility index (Phi) is 15.0. The number of anilines is 6. The van der Waals surface area contributed by atoms with Crippen LogP contribution in [0.25, 0.3) is 22.3 Å². The van der Waals surface area contributed by atoms with Crippen LogP contribution in [0, 0.1) is 23.6 Å². The number of piperidine rings is 4. The minimum absolute atomic E-state index is 0.0916. The average molecular weight is 1140 g/mol. The topological polar surface area (TPSA) is 187 Å². The molecule has 6 aromatic rings. The third-order valence-electron chi connectivity index (χ3n) is 16.4. The monoisotopic (exact) mass is 1140 g/mol. The molecule has 2 aromatic heterocycles. The first-order valence-electron chi connectivity index (χ1n) is 26.9. The number of nitrogens with one attached hydrogen (secondary N) is 3. The quantitative estimate of drug-likeness (QED) is 0.0692. The van der Waals surface area contributed by atoms with Crippen LogP contribution in [-0.4, -0.2) is 125 Å². The van der Waals surface area contributed by atoms with Gasteiger partial charge in [0.2, 0.25) is 17.8 Å². The van der Waals surface area contributed by atoms with Gasteiger partial charge in [0.25, 0.3) is 11.8 Å². The van der Waals surface area contributed by atoms with E-state index in [-0.39, 0.29) is 24.6 Å². The molecule has 4 amide bonds. The fraction of sp³-hybridized carbons (Fsp3) is 0.397. The van der Waals surface area contributed by atoms with Crippen molar-refractivity contribution in [3.8, 4) is 28.0 Å². The van der Waals surface area contributed by atoms with Crippen molar-refractivity contribution in [1.29, 1.82) is 0 Å². The molecule has 0 radical (unpaired) electrons. The van der Waals surface area contributed by atoms with E-state index in [9.17, 15) is 28.1 Å².